The Hall–Kier alpha value is -3.49. The van der Waals surface area contributed by atoms with E-state index in [1.807, 2.05) is 0 Å². The summed E-state index contributed by atoms with van der Waals surface area (Å²) < 4.78 is 28.3. The highest BCUT2D eigenvalue weighted by Gasteiger charge is 2.27. The van der Waals surface area contributed by atoms with Crippen LogP contribution in [0.1, 0.15) is 43.0 Å². The van der Waals surface area contributed by atoms with Crippen molar-refractivity contribution in [1.82, 2.24) is 10.2 Å². The molecule has 0 unspecified atom stereocenters. The number of H-pyrrole nitrogens is 1. The molecule has 1 fully saturated rings. The molecular weight excluding hydrogens is 380 g/mol. The number of anilines is 3. The number of nitro groups is 1. The molecule has 1 heterocycles. The average molecular weight is 399 g/mol. The third-order valence-corrected chi connectivity index (χ3v) is 4.93. The van der Waals surface area contributed by atoms with Crippen LogP contribution in [-0.4, -0.2) is 15.1 Å². The molecule has 150 valence electrons. The number of nitrogens with one attached hydrogen (secondary N) is 3. The molecule has 3 N–H and O–H groups in total. The van der Waals surface area contributed by atoms with Gasteiger partial charge < -0.3 is 10.6 Å². The molecule has 4 rings (SSSR count). The Morgan fingerprint density at radius 3 is 2.59 bits per heavy atom. The van der Waals surface area contributed by atoms with Crippen LogP contribution in [0.4, 0.5) is 31.7 Å². The molecule has 1 aliphatic rings. The number of nitrogens with zero attached hydrogens (tertiary/aromatic N) is 2. The zero-order valence-corrected chi connectivity index (χ0v) is 15.6. The van der Waals surface area contributed by atoms with Crippen molar-refractivity contribution in [3.63, 3.8) is 0 Å². The van der Waals surface area contributed by atoms with E-state index in [2.05, 4.69) is 20.8 Å². The summed E-state index contributed by atoms with van der Waals surface area (Å²) in [5.41, 5.74) is 1.11. The molecule has 1 saturated carbocycles. The number of aromatic amines is 1. The molecule has 7 nitrogen and oxygen atoms in total. The summed E-state index contributed by atoms with van der Waals surface area (Å²) in [4.78, 5) is 10.7. The van der Waals surface area contributed by atoms with Crippen molar-refractivity contribution in [3.8, 4) is 0 Å². The van der Waals surface area contributed by atoms with Crippen LogP contribution in [0.3, 0.4) is 0 Å². The molecule has 0 bridgehead atoms. The Balaban J connectivity index is 1.62. The van der Waals surface area contributed by atoms with E-state index in [9.17, 15) is 14.5 Å². The van der Waals surface area contributed by atoms with Crippen LogP contribution >= 0.6 is 0 Å². The van der Waals surface area contributed by atoms with Gasteiger partial charge in [0.25, 0.3) is 5.69 Å². The Labute approximate surface area is 165 Å². The molecular formula is C20H19F2N5O2. The van der Waals surface area contributed by atoms with Gasteiger partial charge in [-0.05, 0) is 43.5 Å². The van der Waals surface area contributed by atoms with Crippen LogP contribution in [-0.2, 0) is 0 Å². The molecule has 29 heavy (non-hydrogen) atoms. The van der Waals surface area contributed by atoms with Crippen molar-refractivity contribution in [2.45, 2.75) is 31.7 Å². The molecule has 0 saturated heterocycles. The fraction of sp³-hybridized carbons (Fsp3) is 0.250. The topological polar surface area (TPSA) is 95.9 Å². The van der Waals surface area contributed by atoms with E-state index in [0.717, 1.165) is 24.1 Å². The third kappa shape index (κ3) is 4.03. The van der Waals surface area contributed by atoms with Crippen LogP contribution in [0.2, 0.25) is 0 Å². The molecule has 1 aromatic heterocycles. The van der Waals surface area contributed by atoms with Gasteiger partial charge in [-0.25, -0.2) is 8.78 Å². The number of nitro benzene ring substituents is 1. The first kappa shape index (κ1) is 18.9. The highest BCUT2D eigenvalue weighted by Crippen LogP contribution is 2.40. The molecule has 9 heteroatoms. The lowest BCUT2D eigenvalue weighted by atomic mass is 10.1. The number of benzene rings is 2. The van der Waals surface area contributed by atoms with E-state index < -0.39 is 16.4 Å². The predicted octanol–water partition coefficient (Wildman–Crippen LogP) is 5.39. The minimum Gasteiger partial charge on any atom is -0.376 e. The maximum Gasteiger partial charge on any atom is 0.295 e. The summed E-state index contributed by atoms with van der Waals surface area (Å²) in [6.07, 6.45) is 2.13. The molecule has 1 aliphatic carbocycles. The number of aromatic nitrogens is 2. The summed E-state index contributed by atoms with van der Waals surface area (Å²) in [5.74, 6) is -0.414. The van der Waals surface area contributed by atoms with Gasteiger partial charge in [-0.3, -0.25) is 15.2 Å². The normalized spacial score (nSPS) is 14.4. The minimum absolute atomic E-state index is 0.0906. The highest BCUT2D eigenvalue weighted by atomic mass is 19.1. The van der Waals surface area contributed by atoms with E-state index in [1.165, 1.54) is 24.3 Å². The molecule has 0 radical (unpaired) electrons. The number of hydrogen-bond donors (Lipinski definition) is 3. The van der Waals surface area contributed by atoms with Gasteiger partial charge >= 0.3 is 0 Å². The molecule has 0 amide bonds. The van der Waals surface area contributed by atoms with Gasteiger partial charge in [-0.2, -0.15) is 5.10 Å². The molecule has 3 aromatic rings. The fourth-order valence-electron chi connectivity index (χ4n) is 3.15. The van der Waals surface area contributed by atoms with Gasteiger partial charge in [-0.1, -0.05) is 12.1 Å². The summed E-state index contributed by atoms with van der Waals surface area (Å²) in [6, 6.07) is 9.78. The van der Waals surface area contributed by atoms with E-state index in [0.29, 0.717) is 11.7 Å². The standard InChI is InChI=1S/C20H19F2N5O2/c1-11(12-4-6-14(21)7-5-12)23-15-8-9-17(27(28)29)20(19(15)22)24-18-10-16(25-26-18)13-2-3-13/h4-11,13,23H,2-3H2,1H3,(H2,24,25,26)/t11-/m0/s1. The first-order chi connectivity index (χ1) is 13.9. The van der Waals surface area contributed by atoms with Crippen LogP contribution in [0.25, 0.3) is 0 Å². The van der Waals surface area contributed by atoms with Gasteiger partial charge in [-0.15, -0.1) is 0 Å². The van der Waals surface area contributed by atoms with E-state index in [-0.39, 0.29) is 23.2 Å². The molecule has 0 aliphatic heterocycles. The van der Waals surface area contributed by atoms with E-state index in [4.69, 9.17) is 0 Å². The summed E-state index contributed by atoms with van der Waals surface area (Å²) >= 11 is 0. The van der Waals surface area contributed by atoms with Crippen molar-refractivity contribution in [2.75, 3.05) is 10.6 Å². The van der Waals surface area contributed by atoms with Crippen LogP contribution < -0.4 is 10.6 Å². The second-order valence-corrected chi connectivity index (χ2v) is 7.10. The second kappa shape index (κ2) is 7.50. The fourth-order valence-corrected chi connectivity index (χ4v) is 3.15. The highest BCUT2D eigenvalue weighted by molar-refractivity contribution is 5.74. The van der Waals surface area contributed by atoms with Gasteiger partial charge in [0.1, 0.15) is 5.82 Å². The lowest BCUT2D eigenvalue weighted by Crippen LogP contribution is -2.10. The smallest absolute Gasteiger partial charge is 0.295 e. The Morgan fingerprint density at radius 1 is 1.21 bits per heavy atom. The summed E-state index contributed by atoms with van der Waals surface area (Å²) in [7, 11) is 0. The Bertz CT molecular complexity index is 1050. The number of halogens is 2. The van der Waals surface area contributed by atoms with Crippen LogP contribution in [0.15, 0.2) is 42.5 Å². The monoisotopic (exact) mass is 399 g/mol. The van der Waals surface area contributed by atoms with Crippen molar-refractivity contribution in [2.24, 2.45) is 0 Å². The maximum absolute atomic E-state index is 15.2. The SMILES string of the molecule is C[C@H](Nc1ccc([N+](=O)[O-])c(Nc2cc(C3CC3)[nH]n2)c1F)c1ccc(F)cc1. The van der Waals surface area contributed by atoms with Crippen LogP contribution in [0.5, 0.6) is 0 Å². The zero-order valence-electron chi connectivity index (χ0n) is 15.6. The first-order valence-corrected chi connectivity index (χ1v) is 9.23. The van der Waals surface area contributed by atoms with Gasteiger partial charge in [0.2, 0.25) is 0 Å². The van der Waals surface area contributed by atoms with Crippen molar-refractivity contribution in [3.05, 3.63) is 75.5 Å². The zero-order chi connectivity index (χ0) is 20.5. The largest absolute Gasteiger partial charge is 0.376 e. The van der Waals surface area contributed by atoms with E-state index in [1.54, 1.807) is 25.1 Å². The Morgan fingerprint density at radius 2 is 1.93 bits per heavy atom. The lowest BCUT2D eigenvalue weighted by molar-refractivity contribution is -0.384. The van der Waals surface area contributed by atoms with E-state index >= 15 is 4.39 Å². The quantitative estimate of drug-likeness (QED) is 0.366. The molecule has 0 spiro atoms. The average Bonchev–Trinajstić information content (AvgIpc) is 3.44. The van der Waals surface area contributed by atoms with Gasteiger partial charge in [0.15, 0.2) is 17.3 Å². The number of rotatable bonds is 7. The summed E-state index contributed by atoms with van der Waals surface area (Å²) in [5, 5.41) is 24.1. The second-order valence-electron chi connectivity index (χ2n) is 7.10. The predicted molar refractivity (Wildman–Crippen MR) is 105 cm³/mol. The summed E-state index contributed by atoms with van der Waals surface area (Å²) in [6.45, 7) is 1.79. The molecule has 1 atom stereocenters. The van der Waals surface area contributed by atoms with Crippen molar-refractivity contribution >= 4 is 22.9 Å². The van der Waals surface area contributed by atoms with Crippen molar-refractivity contribution in [1.29, 1.82) is 0 Å². The number of hydrogen-bond acceptors (Lipinski definition) is 5. The van der Waals surface area contributed by atoms with Crippen LogP contribution in [0, 0.1) is 21.7 Å². The van der Waals surface area contributed by atoms with Crippen molar-refractivity contribution < 1.29 is 13.7 Å². The molecule has 2 aromatic carbocycles. The maximum atomic E-state index is 15.2. The van der Waals surface area contributed by atoms with Gasteiger partial charge in [0, 0.05) is 29.8 Å². The third-order valence-electron chi connectivity index (χ3n) is 4.93. The first-order valence-electron chi connectivity index (χ1n) is 9.23. The lowest BCUT2D eigenvalue weighted by Gasteiger charge is -2.17. The Kier molecular flexibility index (Phi) is 4.87. The minimum atomic E-state index is -0.788. The van der Waals surface area contributed by atoms with Gasteiger partial charge in [0.05, 0.1) is 10.6 Å².